The predicted octanol–water partition coefficient (Wildman–Crippen LogP) is 7.92. The second-order valence-electron chi connectivity index (χ2n) is 7.18. The molecule has 1 heteroatoms. The Kier molecular flexibility index (Phi) is 4.56. The summed E-state index contributed by atoms with van der Waals surface area (Å²) in [5, 5.41) is 6.13. The molecule has 0 aliphatic heterocycles. The Balaban J connectivity index is 1.64. The zero-order valence-electron chi connectivity index (χ0n) is 16.0. The molecular weight excluding hydrogens is 350 g/mol. The third-order valence-electron chi connectivity index (χ3n) is 5.22. The van der Waals surface area contributed by atoms with E-state index in [0.717, 1.165) is 11.4 Å². The van der Waals surface area contributed by atoms with Crippen molar-refractivity contribution in [1.82, 2.24) is 0 Å². The van der Waals surface area contributed by atoms with Crippen LogP contribution in [0.5, 0.6) is 0 Å². The lowest BCUT2D eigenvalue weighted by atomic mass is 9.98. The van der Waals surface area contributed by atoms with Crippen molar-refractivity contribution in [3.05, 3.63) is 121 Å². The van der Waals surface area contributed by atoms with Crippen LogP contribution in [-0.4, -0.2) is 0 Å². The van der Waals surface area contributed by atoms with Gasteiger partial charge in [-0.2, -0.15) is 0 Å². The van der Waals surface area contributed by atoms with E-state index in [0.29, 0.717) is 0 Å². The molecule has 0 radical (unpaired) electrons. The molecule has 0 aromatic heterocycles. The van der Waals surface area contributed by atoms with Crippen molar-refractivity contribution in [3.8, 4) is 22.3 Å². The van der Waals surface area contributed by atoms with Crippen LogP contribution in [0.3, 0.4) is 0 Å². The van der Waals surface area contributed by atoms with Gasteiger partial charge in [0.15, 0.2) is 0 Å². The maximum Gasteiger partial charge on any atom is 0.0463 e. The lowest BCUT2D eigenvalue weighted by Crippen LogP contribution is -1.93. The Morgan fingerprint density at radius 2 is 0.966 bits per heavy atom. The molecule has 0 aliphatic carbocycles. The Morgan fingerprint density at radius 3 is 1.62 bits per heavy atom. The first-order chi connectivity index (χ1) is 14.4. The van der Waals surface area contributed by atoms with Gasteiger partial charge in [0.25, 0.3) is 0 Å². The molecule has 1 nitrogen and oxygen atoms in total. The minimum Gasteiger partial charge on any atom is -0.355 e. The molecule has 29 heavy (non-hydrogen) atoms. The molecule has 0 unspecified atom stereocenters. The number of fused-ring (bicyclic) bond motifs is 1. The van der Waals surface area contributed by atoms with Crippen LogP contribution in [-0.2, 0) is 0 Å². The van der Waals surface area contributed by atoms with Gasteiger partial charge in [-0.3, -0.25) is 0 Å². The lowest BCUT2D eigenvalue weighted by Gasteiger charge is -2.14. The highest BCUT2D eigenvalue weighted by molar-refractivity contribution is 5.96. The SMILES string of the molecule is c1ccc(-c2cc(Nc3cccc4ccccc34)cc(-c3ccccc3)c2)cc1. The van der Waals surface area contributed by atoms with E-state index >= 15 is 0 Å². The Labute approximate surface area is 171 Å². The molecule has 0 heterocycles. The standard InChI is InChI=1S/C28H21N/c1-3-10-21(11-4-1)24-18-25(22-12-5-2-6-13-22)20-26(19-24)29-28-17-9-15-23-14-7-8-16-27(23)28/h1-20,29H. The summed E-state index contributed by atoms with van der Waals surface area (Å²) in [6.45, 7) is 0. The topological polar surface area (TPSA) is 12.0 Å². The summed E-state index contributed by atoms with van der Waals surface area (Å²) in [7, 11) is 0. The van der Waals surface area contributed by atoms with E-state index in [1.165, 1.54) is 33.0 Å². The smallest absolute Gasteiger partial charge is 0.0463 e. The van der Waals surface area contributed by atoms with Gasteiger partial charge in [-0.1, -0.05) is 97.1 Å². The Morgan fingerprint density at radius 1 is 0.414 bits per heavy atom. The van der Waals surface area contributed by atoms with Crippen LogP contribution in [0.1, 0.15) is 0 Å². The largest absolute Gasteiger partial charge is 0.355 e. The van der Waals surface area contributed by atoms with Crippen LogP contribution in [0.4, 0.5) is 11.4 Å². The number of anilines is 2. The lowest BCUT2D eigenvalue weighted by molar-refractivity contribution is 1.54. The average Bonchev–Trinajstić information content (AvgIpc) is 2.80. The van der Waals surface area contributed by atoms with Crippen molar-refractivity contribution in [2.24, 2.45) is 0 Å². The monoisotopic (exact) mass is 371 g/mol. The number of nitrogens with one attached hydrogen (secondary N) is 1. The van der Waals surface area contributed by atoms with E-state index in [9.17, 15) is 0 Å². The predicted molar refractivity (Wildman–Crippen MR) is 125 cm³/mol. The Bertz CT molecular complexity index is 1190. The van der Waals surface area contributed by atoms with Crippen LogP contribution in [0.15, 0.2) is 121 Å². The normalized spacial score (nSPS) is 10.8. The fraction of sp³-hybridized carbons (Fsp3) is 0. The highest BCUT2D eigenvalue weighted by atomic mass is 14.9. The van der Waals surface area contributed by atoms with Crippen LogP contribution in [0, 0.1) is 0 Å². The summed E-state index contributed by atoms with van der Waals surface area (Å²) in [6.07, 6.45) is 0. The number of hydrogen-bond acceptors (Lipinski definition) is 1. The summed E-state index contributed by atoms with van der Waals surface area (Å²) in [5.41, 5.74) is 7.04. The van der Waals surface area contributed by atoms with Gasteiger partial charge < -0.3 is 5.32 Å². The summed E-state index contributed by atoms with van der Waals surface area (Å²) in [4.78, 5) is 0. The van der Waals surface area contributed by atoms with Crippen molar-refractivity contribution in [1.29, 1.82) is 0 Å². The van der Waals surface area contributed by atoms with Crippen LogP contribution >= 0.6 is 0 Å². The van der Waals surface area contributed by atoms with Crippen LogP contribution < -0.4 is 5.32 Å². The van der Waals surface area contributed by atoms with E-state index in [2.05, 4.69) is 127 Å². The molecule has 138 valence electrons. The molecule has 0 saturated carbocycles. The molecule has 5 aromatic rings. The van der Waals surface area contributed by atoms with Crippen LogP contribution in [0.2, 0.25) is 0 Å². The second kappa shape index (κ2) is 7.65. The Hall–Kier alpha value is -3.84. The minimum absolute atomic E-state index is 1.08. The van der Waals surface area contributed by atoms with Gasteiger partial charge in [0.2, 0.25) is 0 Å². The fourth-order valence-electron chi connectivity index (χ4n) is 3.78. The molecule has 0 saturated heterocycles. The second-order valence-corrected chi connectivity index (χ2v) is 7.18. The van der Waals surface area contributed by atoms with Gasteiger partial charge in [0, 0.05) is 16.8 Å². The number of rotatable bonds is 4. The molecule has 0 bridgehead atoms. The molecule has 5 rings (SSSR count). The third kappa shape index (κ3) is 3.63. The fourth-order valence-corrected chi connectivity index (χ4v) is 3.78. The molecule has 0 atom stereocenters. The molecule has 0 amide bonds. The minimum atomic E-state index is 1.08. The first kappa shape index (κ1) is 17.3. The third-order valence-corrected chi connectivity index (χ3v) is 5.22. The molecule has 1 N–H and O–H groups in total. The van der Waals surface area contributed by atoms with E-state index in [4.69, 9.17) is 0 Å². The summed E-state index contributed by atoms with van der Waals surface area (Å²) in [6, 6.07) is 42.7. The van der Waals surface area contributed by atoms with Gasteiger partial charge >= 0.3 is 0 Å². The number of hydrogen-bond donors (Lipinski definition) is 1. The van der Waals surface area contributed by atoms with Crippen molar-refractivity contribution in [3.63, 3.8) is 0 Å². The summed E-state index contributed by atoms with van der Waals surface area (Å²) >= 11 is 0. The van der Waals surface area contributed by atoms with Gasteiger partial charge in [-0.15, -0.1) is 0 Å². The van der Waals surface area contributed by atoms with Gasteiger partial charge in [-0.25, -0.2) is 0 Å². The van der Waals surface area contributed by atoms with Crippen molar-refractivity contribution in [2.75, 3.05) is 5.32 Å². The molecule has 0 fully saturated rings. The average molecular weight is 371 g/mol. The molecule has 5 aromatic carbocycles. The molecular formula is C28H21N. The molecule has 0 aliphatic rings. The summed E-state index contributed by atoms with van der Waals surface area (Å²) < 4.78 is 0. The van der Waals surface area contributed by atoms with E-state index in [1.807, 2.05) is 0 Å². The first-order valence-corrected chi connectivity index (χ1v) is 9.87. The van der Waals surface area contributed by atoms with Gasteiger partial charge in [0.05, 0.1) is 0 Å². The van der Waals surface area contributed by atoms with E-state index in [1.54, 1.807) is 0 Å². The first-order valence-electron chi connectivity index (χ1n) is 9.87. The zero-order valence-corrected chi connectivity index (χ0v) is 16.0. The highest BCUT2D eigenvalue weighted by Crippen LogP contribution is 2.33. The highest BCUT2D eigenvalue weighted by Gasteiger charge is 2.07. The van der Waals surface area contributed by atoms with Crippen molar-refractivity contribution < 1.29 is 0 Å². The zero-order chi connectivity index (χ0) is 19.5. The molecule has 0 spiro atoms. The van der Waals surface area contributed by atoms with Crippen molar-refractivity contribution >= 4 is 22.1 Å². The maximum absolute atomic E-state index is 3.67. The van der Waals surface area contributed by atoms with Gasteiger partial charge in [0.1, 0.15) is 0 Å². The maximum atomic E-state index is 3.67. The summed E-state index contributed by atoms with van der Waals surface area (Å²) in [5.74, 6) is 0. The van der Waals surface area contributed by atoms with Crippen LogP contribution in [0.25, 0.3) is 33.0 Å². The van der Waals surface area contributed by atoms with E-state index < -0.39 is 0 Å². The van der Waals surface area contributed by atoms with E-state index in [-0.39, 0.29) is 0 Å². The van der Waals surface area contributed by atoms with Crippen molar-refractivity contribution in [2.45, 2.75) is 0 Å². The quantitative estimate of drug-likeness (QED) is 0.338. The van der Waals surface area contributed by atoms with Gasteiger partial charge in [-0.05, 0) is 51.9 Å². The number of benzene rings is 5.